The van der Waals surface area contributed by atoms with E-state index in [1.165, 1.54) is 99.4 Å². The van der Waals surface area contributed by atoms with Crippen molar-refractivity contribution in [3.8, 4) is 66.8 Å². The van der Waals surface area contributed by atoms with Gasteiger partial charge in [0.15, 0.2) is 0 Å². The van der Waals surface area contributed by atoms with Gasteiger partial charge in [-0.25, -0.2) is 0 Å². The molecule has 1 aliphatic carbocycles. The van der Waals surface area contributed by atoms with Crippen LogP contribution < -0.4 is 0 Å². The highest BCUT2D eigenvalue weighted by Crippen LogP contribution is 2.49. The van der Waals surface area contributed by atoms with Crippen LogP contribution in [0.15, 0.2) is 194 Å². The Morgan fingerprint density at radius 3 is 1.19 bits per heavy atom. The van der Waals surface area contributed by atoms with Gasteiger partial charge in [-0.2, -0.15) is 0 Å². The first-order chi connectivity index (χ1) is 25.7. The van der Waals surface area contributed by atoms with Crippen molar-refractivity contribution in [1.82, 2.24) is 0 Å². The van der Waals surface area contributed by atoms with E-state index in [0.717, 1.165) is 0 Å². The van der Waals surface area contributed by atoms with Gasteiger partial charge in [-0.1, -0.05) is 177 Å². The monoisotopic (exact) mass is 660 g/mol. The summed E-state index contributed by atoms with van der Waals surface area (Å²) >= 11 is 0. The van der Waals surface area contributed by atoms with E-state index in [0.29, 0.717) is 5.92 Å². The molecule has 244 valence electrons. The maximum Gasteiger partial charge on any atom is 0.00735 e. The molecule has 0 aliphatic heterocycles. The van der Waals surface area contributed by atoms with Crippen LogP contribution in [0.5, 0.6) is 0 Å². The molecule has 0 amide bonds. The summed E-state index contributed by atoms with van der Waals surface area (Å²) in [5.74, 6) is 0.374. The Kier molecular flexibility index (Phi) is 7.22. The minimum Gasteiger partial charge on any atom is -0.0622 e. The van der Waals surface area contributed by atoms with Crippen LogP contribution in [0.3, 0.4) is 0 Å². The zero-order valence-electron chi connectivity index (χ0n) is 29.1. The van der Waals surface area contributed by atoms with Gasteiger partial charge < -0.3 is 0 Å². The van der Waals surface area contributed by atoms with E-state index in [1.807, 2.05) is 0 Å². The van der Waals surface area contributed by atoms with Crippen LogP contribution in [0.25, 0.3) is 88.3 Å². The minimum absolute atomic E-state index is 0.374. The van der Waals surface area contributed by atoms with E-state index in [-0.39, 0.29) is 0 Å². The lowest BCUT2D eigenvalue weighted by Crippen LogP contribution is -1.93. The Morgan fingerprint density at radius 1 is 0.269 bits per heavy atom. The number of hydrogen-bond acceptors (Lipinski definition) is 0. The number of benzene rings is 9. The second-order valence-corrected chi connectivity index (χ2v) is 14.1. The summed E-state index contributed by atoms with van der Waals surface area (Å²) in [6.07, 6.45) is 0. The van der Waals surface area contributed by atoms with E-state index in [4.69, 9.17) is 0 Å². The largest absolute Gasteiger partial charge is 0.0622 e. The fourth-order valence-electron chi connectivity index (χ4n) is 8.58. The number of rotatable bonds is 5. The highest BCUT2D eigenvalue weighted by Gasteiger charge is 2.26. The molecular weight excluding hydrogens is 625 g/mol. The summed E-state index contributed by atoms with van der Waals surface area (Å²) in [5.41, 5.74) is 18.0. The Morgan fingerprint density at radius 2 is 0.654 bits per heavy atom. The third kappa shape index (κ3) is 4.99. The highest BCUT2D eigenvalue weighted by molar-refractivity contribution is 6.21. The van der Waals surface area contributed by atoms with E-state index < -0.39 is 0 Å². The van der Waals surface area contributed by atoms with Crippen molar-refractivity contribution in [1.29, 1.82) is 0 Å². The van der Waals surface area contributed by atoms with Gasteiger partial charge in [0, 0.05) is 5.92 Å². The first-order valence-electron chi connectivity index (χ1n) is 18.2. The highest BCUT2D eigenvalue weighted by atomic mass is 14.3. The summed E-state index contributed by atoms with van der Waals surface area (Å²) < 4.78 is 0. The topological polar surface area (TPSA) is 0 Å². The summed E-state index contributed by atoms with van der Waals surface area (Å²) in [4.78, 5) is 0. The normalized spacial score (nSPS) is 13.3. The van der Waals surface area contributed by atoms with Crippen LogP contribution in [0, 0.1) is 0 Å². The maximum absolute atomic E-state index is 2.45. The summed E-state index contributed by atoms with van der Waals surface area (Å²) in [7, 11) is 0. The molecule has 0 nitrogen and oxygen atoms in total. The van der Waals surface area contributed by atoms with Crippen LogP contribution in [0.1, 0.15) is 24.0 Å². The van der Waals surface area contributed by atoms with E-state index in [2.05, 4.69) is 201 Å². The molecule has 0 N–H and O–H groups in total. The first kappa shape index (κ1) is 30.3. The van der Waals surface area contributed by atoms with Crippen LogP contribution >= 0.6 is 0 Å². The molecule has 9 aromatic carbocycles. The van der Waals surface area contributed by atoms with Crippen molar-refractivity contribution in [3.05, 3.63) is 205 Å². The second kappa shape index (κ2) is 12.4. The number of fused-ring (bicyclic) bond motifs is 5. The van der Waals surface area contributed by atoms with Crippen molar-refractivity contribution in [3.63, 3.8) is 0 Å². The lowest BCUT2D eigenvalue weighted by molar-refractivity contribution is 0.957. The number of hydrogen-bond donors (Lipinski definition) is 0. The first-order valence-corrected chi connectivity index (χ1v) is 18.2. The van der Waals surface area contributed by atoms with Crippen LogP contribution in [0.2, 0.25) is 0 Å². The third-order valence-corrected chi connectivity index (χ3v) is 11.1. The molecule has 0 spiro atoms. The molecule has 52 heavy (non-hydrogen) atoms. The van der Waals surface area contributed by atoms with Crippen molar-refractivity contribution < 1.29 is 0 Å². The molecule has 0 radical (unpaired) electrons. The van der Waals surface area contributed by atoms with E-state index in [1.54, 1.807) is 0 Å². The molecule has 0 saturated heterocycles. The molecule has 0 bridgehead atoms. The van der Waals surface area contributed by atoms with Crippen molar-refractivity contribution in [2.45, 2.75) is 12.8 Å². The molecule has 0 heteroatoms. The summed E-state index contributed by atoms with van der Waals surface area (Å²) in [6, 6.07) is 71.5. The van der Waals surface area contributed by atoms with Crippen molar-refractivity contribution in [2.24, 2.45) is 0 Å². The zero-order chi connectivity index (χ0) is 34.6. The molecule has 0 saturated carbocycles. The standard InChI is InChI=1S/C52H36/c1-34-43-18-8-9-19-44(43)45-29-28-39(33-50(34)45)52-48-22-12-10-20-46(48)51(47-21-11-13-23-49(47)52)38-26-24-37(25-27-38)42-31-40(35-14-4-2-5-15-35)30-41(32-42)36-16-6-3-7-17-36/h2-34H,1H3. The molecule has 1 aliphatic rings. The Labute approximate surface area is 305 Å². The lowest BCUT2D eigenvalue weighted by atomic mass is 9.84. The van der Waals surface area contributed by atoms with Crippen LogP contribution in [0.4, 0.5) is 0 Å². The summed E-state index contributed by atoms with van der Waals surface area (Å²) in [6.45, 7) is 2.35. The smallest absolute Gasteiger partial charge is 0.00735 e. The van der Waals surface area contributed by atoms with Crippen molar-refractivity contribution in [2.75, 3.05) is 0 Å². The molecule has 1 unspecified atom stereocenters. The second-order valence-electron chi connectivity index (χ2n) is 14.1. The average Bonchev–Trinajstić information content (AvgIpc) is 3.51. The molecule has 1 atom stereocenters. The Hall–Kier alpha value is -6.50. The average molecular weight is 661 g/mol. The minimum atomic E-state index is 0.374. The zero-order valence-corrected chi connectivity index (χ0v) is 29.1. The molecular formula is C52H36. The molecule has 0 fully saturated rings. The van der Waals surface area contributed by atoms with Crippen LogP contribution in [-0.4, -0.2) is 0 Å². The third-order valence-electron chi connectivity index (χ3n) is 11.1. The predicted octanol–water partition coefficient (Wildman–Crippen LogP) is 14.5. The Balaban J connectivity index is 1.12. The quantitative estimate of drug-likeness (QED) is 0.161. The van der Waals surface area contributed by atoms with Gasteiger partial charge in [-0.05, 0) is 124 Å². The van der Waals surface area contributed by atoms with Gasteiger partial charge in [0.25, 0.3) is 0 Å². The fraction of sp³-hybridized carbons (Fsp3) is 0.0385. The molecule has 0 aromatic heterocycles. The van der Waals surface area contributed by atoms with Gasteiger partial charge in [0.1, 0.15) is 0 Å². The van der Waals surface area contributed by atoms with E-state index >= 15 is 0 Å². The van der Waals surface area contributed by atoms with Gasteiger partial charge in [0.05, 0.1) is 0 Å². The summed E-state index contributed by atoms with van der Waals surface area (Å²) in [5, 5.41) is 5.12. The fourth-order valence-corrected chi connectivity index (χ4v) is 8.58. The van der Waals surface area contributed by atoms with Crippen molar-refractivity contribution >= 4 is 21.5 Å². The molecule has 0 heterocycles. The van der Waals surface area contributed by atoms with Gasteiger partial charge in [-0.15, -0.1) is 0 Å². The van der Waals surface area contributed by atoms with Crippen LogP contribution in [-0.2, 0) is 0 Å². The molecule has 10 rings (SSSR count). The Bertz CT molecular complexity index is 2660. The van der Waals surface area contributed by atoms with Gasteiger partial charge in [-0.3, -0.25) is 0 Å². The van der Waals surface area contributed by atoms with E-state index in [9.17, 15) is 0 Å². The van der Waals surface area contributed by atoms with Gasteiger partial charge >= 0.3 is 0 Å². The molecule has 9 aromatic rings. The maximum atomic E-state index is 2.45. The lowest BCUT2D eigenvalue weighted by Gasteiger charge is -2.19. The predicted molar refractivity (Wildman–Crippen MR) is 222 cm³/mol. The van der Waals surface area contributed by atoms with Gasteiger partial charge in [0.2, 0.25) is 0 Å². The SMILES string of the molecule is CC1c2ccccc2-c2ccc(-c3c4ccccc4c(-c4ccc(-c5cc(-c6ccccc6)cc(-c6ccccc6)c5)cc4)c4ccccc34)cc21.